The van der Waals surface area contributed by atoms with Crippen LogP contribution < -0.4 is 15.2 Å². The fourth-order valence-corrected chi connectivity index (χ4v) is 2.52. The van der Waals surface area contributed by atoms with Crippen LogP contribution >= 0.6 is 0 Å². The highest BCUT2D eigenvalue weighted by molar-refractivity contribution is 7.89. The van der Waals surface area contributed by atoms with Crippen LogP contribution in [0.4, 0.5) is 0 Å². The van der Waals surface area contributed by atoms with Crippen LogP contribution in [0.25, 0.3) is 0 Å². The van der Waals surface area contributed by atoms with Crippen molar-refractivity contribution in [2.75, 3.05) is 13.7 Å². The van der Waals surface area contributed by atoms with Crippen LogP contribution in [0.5, 0.6) is 5.75 Å². The minimum Gasteiger partial charge on any atom is -0.495 e. The van der Waals surface area contributed by atoms with Gasteiger partial charge in [0.15, 0.2) is 0 Å². The largest absolute Gasteiger partial charge is 0.495 e. The lowest BCUT2D eigenvalue weighted by Gasteiger charge is -2.11. The molecule has 0 bridgehead atoms. The second kappa shape index (κ2) is 5.81. The summed E-state index contributed by atoms with van der Waals surface area (Å²) < 4.78 is 31.3. The van der Waals surface area contributed by atoms with Crippen molar-refractivity contribution in [2.24, 2.45) is 5.73 Å². The van der Waals surface area contributed by atoms with Crippen molar-refractivity contribution >= 4 is 10.0 Å². The van der Waals surface area contributed by atoms with Gasteiger partial charge in [0, 0.05) is 13.1 Å². The number of rotatable bonds is 6. The summed E-state index contributed by atoms with van der Waals surface area (Å²) in [5.41, 5.74) is 6.21. The average molecular weight is 256 g/mol. The van der Waals surface area contributed by atoms with Gasteiger partial charge in [0.2, 0.25) is 10.0 Å². The van der Waals surface area contributed by atoms with E-state index in [1.54, 1.807) is 12.1 Å². The Morgan fingerprint density at radius 1 is 1.53 bits per heavy atom. The van der Waals surface area contributed by atoms with Gasteiger partial charge in [-0.05, 0) is 17.7 Å². The number of hydrogen-bond donors (Lipinski definition) is 2. The normalized spacial score (nSPS) is 11.2. The van der Waals surface area contributed by atoms with Gasteiger partial charge in [-0.15, -0.1) is 6.58 Å². The first kappa shape index (κ1) is 13.7. The van der Waals surface area contributed by atoms with Crippen molar-refractivity contribution in [3.8, 4) is 5.75 Å². The maximum Gasteiger partial charge on any atom is 0.244 e. The van der Waals surface area contributed by atoms with Crippen LogP contribution in [0.2, 0.25) is 0 Å². The van der Waals surface area contributed by atoms with Crippen LogP contribution in [-0.2, 0) is 16.6 Å². The summed E-state index contributed by atoms with van der Waals surface area (Å²) >= 11 is 0. The van der Waals surface area contributed by atoms with Crippen molar-refractivity contribution in [3.05, 3.63) is 36.4 Å². The van der Waals surface area contributed by atoms with Gasteiger partial charge < -0.3 is 10.5 Å². The molecule has 0 unspecified atom stereocenters. The van der Waals surface area contributed by atoms with Gasteiger partial charge in [0.25, 0.3) is 0 Å². The SMILES string of the molecule is C=CCNS(=O)(=O)c1cc(CN)ccc1OC. The van der Waals surface area contributed by atoms with Gasteiger partial charge in [-0.1, -0.05) is 12.1 Å². The number of methoxy groups -OCH3 is 1. The summed E-state index contributed by atoms with van der Waals surface area (Å²) in [5.74, 6) is 0.291. The average Bonchev–Trinajstić information content (AvgIpc) is 2.35. The Bertz CT molecular complexity index is 497. The lowest BCUT2D eigenvalue weighted by atomic mass is 10.2. The zero-order valence-electron chi connectivity index (χ0n) is 9.64. The van der Waals surface area contributed by atoms with Gasteiger partial charge in [-0.3, -0.25) is 0 Å². The van der Waals surface area contributed by atoms with E-state index in [0.29, 0.717) is 5.75 Å². The smallest absolute Gasteiger partial charge is 0.244 e. The summed E-state index contributed by atoms with van der Waals surface area (Å²) in [7, 11) is -2.18. The highest BCUT2D eigenvalue weighted by Gasteiger charge is 2.18. The van der Waals surface area contributed by atoms with Gasteiger partial charge in [-0.25, -0.2) is 13.1 Å². The van der Waals surface area contributed by atoms with Gasteiger partial charge in [0.1, 0.15) is 10.6 Å². The topological polar surface area (TPSA) is 81.4 Å². The van der Waals surface area contributed by atoms with Crippen molar-refractivity contribution in [2.45, 2.75) is 11.4 Å². The molecule has 6 heteroatoms. The molecule has 0 amide bonds. The van der Waals surface area contributed by atoms with Crippen molar-refractivity contribution in [1.82, 2.24) is 4.72 Å². The van der Waals surface area contributed by atoms with Crippen molar-refractivity contribution < 1.29 is 13.2 Å². The van der Waals surface area contributed by atoms with Crippen LogP contribution in [0.1, 0.15) is 5.56 Å². The molecule has 94 valence electrons. The number of sulfonamides is 1. The van der Waals surface area contributed by atoms with E-state index in [2.05, 4.69) is 11.3 Å². The van der Waals surface area contributed by atoms with E-state index in [1.165, 1.54) is 19.3 Å². The molecular weight excluding hydrogens is 240 g/mol. The highest BCUT2D eigenvalue weighted by atomic mass is 32.2. The van der Waals surface area contributed by atoms with E-state index in [4.69, 9.17) is 10.5 Å². The highest BCUT2D eigenvalue weighted by Crippen LogP contribution is 2.24. The third-order valence-corrected chi connectivity index (χ3v) is 3.62. The summed E-state index contributed by atoms with van der Waals surface area (Å²) in [5, 5.41) is 0. The van der Waals surface area contributed by atoms with E-state index in [-0.39, 0.29) is 18.0 Å². The van der Waals surface area contributed by atoms with E-state index < -0.39 is 10.0 Å². The third-order valence-electron chi connectivity index (χ3n) is 2.17. The Labute approximate surface area is 101 Å². The Kier molecular flexibility index (Phi) is 4.68. The zero-order valence-corrected chi connectivity index (χ0v) is 10.5. The molecule has 0 spiro atoms. The number of hydrogen-bond acceptors (Lipinski definition) is 4. The molecule has 0 fully saturated rings. The number of benzene rings is 1. The second-order valence-electron chi connectivity index (χ2n) is 3.33. The first-order chi connectivity index (χ1) is 8.05. The lowest BCUT2D eigenvalue weighted by Crippen LogP contribution is -2.24. The van der Waals surface area contributed by atoms with Gasteiger partial charge in [0.05, 0.1) is 7.11 Å². The molecule has 1 rings (SSSR count). The van der Waals surface area contributed by atoms with Crippen LogP contribution in [0, 0.1) is 0 Å². The number of nitrogens with two attached hydrogens (primary N) is 1. The molecule has 0 heterocycles. The fraction of sp³-hybridized carbons (Fsp3) is 0.273. The Balaban J connectivity index is 3.22. The van der Waals surface area contributed by atoms with E-state index in [0.717, 1.165) is 5.56 Å². The Morgan fingerprint density at radius 3 is 2.76 bits per heavy atom. The quantitative estimate of drug-likeness (QED) is 0.731. The fourth-order valence-electron chi connectivity index (χ4n) is 1.30. The van der Waals surface area contributed by atoms with Crippen LogP contribution in [0.15, 0.2) is 35.7 Å². The molecule has 0 saturated carbocycles. The zero-order chi connectivity index (χ0) is 12.9. The number of ether oxygens (including phenoxy) is 1. The molecule has 0 aliphatic heterocycles. The van der Waals surface area contributed by atoms with E-state index >= 15 is 0 Å². The summed E-state index contributed by atoms with van der Waals surface area (Å²) in [6.07, 6.45) is 1.47. The first-order valence-corrected chi connectivity index (χ1v) is 6.51. The molecule has 1 aromatic carbocycles. The van der Waals surface area contributed by atoms with E-state index in [9.17, 15) is 8.42 Å². The number of nitrogens with one attached hydrogen (secondary N) is 1. The van der Waals surface area contributed by atoms with E-state index in [1.807, 2.05) is 0 Å². The van der Waals surface area contributed by atoms with Gasteiger partial charge in [-0.2, -0.15) is 0 Å². The molecule has 0 aliphatic rings. The predicted molar refractivity (Wildman–Crippen MR) is 66.3 cm³/mol. The molecule has 0 radical (unpaired) electrons. The molecule has 17 heavy (non-hydrogen) atoms. The van der Waals surface area contributed by atoms with Gasteiger partial charge >= 0.3 is 0 Å². The maximum absolute atomic E-state index is 12.0. The standard InChI is InChI=1S/C11H16N2O3S/c1-3-6-13-17(14,15)11-7-9(8-12)4-5-10(11)16-2/h3-5,7,13H,1,6,8,12H2,2H3. The summed E-state index contributed by atoms with van der Waals surface area (Å²) in [4.78, 5) is 0.0878. The Morgan fingerprint density at radius 2 is 2.24 bits per heavy atom. The first-order valence-electron chi connectivity index (χ1n) is 5.02. The summed E-state index contributed by atoms with van der Waals surface area (Å²) in [6, 6.07) is 4.82. The summed E-state index contributed by atoms with van der Waals surface area (Å²) in [6.45, 7) is 3.89. The molecule has 0 saturated heterocycles. The molecule has 3 N–H and O–H groups in total. The molecule has 0 atom stereocenters. The molecule has 0 aromatic heterocycles. The molecule has 0 aliphatic carbocycles. The van der Waals surface area contributed by atoms with Crippen LogP contribution in [0.3, 0.4) is 0 Å². The third kappa shape index (κ3) is 3.29. The predicted octanol–water partition coefficient (Wildman–Crippen LogP) is 0.618. The minimum atomic E-state index is -3.60. The molecule has 1 aromatic rings. The van der Waals surface area contributed by atoms with Crippen molar-refractivity contribution in [1.29, 1.82) is 0 Å². The molecular formula is C11H16N2O3S. The van der Waals surface area contributed by atoms with Crippen LogP contribution in [-0.4, -0.2) is 22.1 Å². The Hall–Kier alpha value is -1.37. The second-order valence-corrected chi connectivity index (χ2v) is 5.07. The molecule has 5 nitrogen and oxygen atoms in total. The monoisotopic (exact) mass is 256 g/mol. The maximum atomic E-state index is 12.0. The van der Waals surface area contributed by atoms with Crippen molar-refractivity contribution in [3.63, 3.8) is 0 Å². The minimum absolute atomic E-state index is 0.0878. The lowest BCUT2D eigenvalue weighted by molar-refractivity contribution is 0.402.